The monoisotopic (exact) mass is 221 g/mol. The van der Waals surface area contributed by atoms with E-state index >= 15 is 0 Å². The predicted octanol–water partition coefficient (Wildman–Crippen LogP) is -1.45. The van der Waals surface area contributed by atoms with E-state index < -0.39 is 5.72 Å². The molecule has 0 aromatic heterocycles. The molecule has 0 aromatic rings. The number of likely N-dealkylation sites (N-methyl/N-ethyl adjacent to an activating group) is 1. The maximum Gasteiger partial charge on any atom is 0.307 e. The Morgan fingerprint density at radius 3 is 2.21 bits per heavy atom. The molecule has 0 N–H and O–H groups in total. The summed E-state index contributed by atoms with van der Waals surface area (Å²) in [5.41, 5.74) is -0.638. The topological polar surface area (TPSA) is 26.3 Å². The number of esters is 1. The van der Waals surface area contributed by atoms with Gasteiger partial charge in [-0.2, -0.15) is 0 Å². The first-order valence-corrected chi connectivity index (χ1v) is 4.45. The van der Waals surface area contributed by atoms with Crippen molar-refractivity contribution >= 4 is 5.97 Å². The number of hydrogen-bond donors (Lipinski definition) is 0. The Morgan fingerprint density at radius 1 is 1.57 bits per heavy atom. The molecule has 14 heavy (non-hydrogen) atoms. The average Bonchev–Trinajstić information content (AvgIpc) is 2.02. The van der Waals surface area contributed by atoms with Crippen LogP contribution in [0.4, 0.5) is 0 Å². The molecule has 0 radical (unpaired) electrons. The van der Waals surface area contributed by atoms with Gasteiger partial charge in [-0.1, -0.05) is 6.58 Å². The van der Waals surface area contributed by atoms with Crippen molar-refractivity contribution in [1.29, 1.82) is 0 Å². The highest BCUT2D eigenvalue weighted by Gasteiger charge is 2.40. The van der Waals surface area contributed by atoms with E-state index in [1.807, 2.05) is 27.9 Å². The summed E-state index contributed by atoms with van der Waals surface area (Å²) in [6.45, 7) is 9.90. The molecule has 0 amide bonds. The van der Waals surface area contributed by atoms with Crippen LogP contribution in [-0.4, -0.2) is 36.8 Å². The van der Waals surface area contributed by atoms with E-state index in [0.29, 0.717) is 4.48 Å². The zero-order valence-corrected chi connectivity index (χ0v) is 10.4. The van der Waals surface area contributed by atoms with Gasteiger partial charge in [-0.05, 0) is 6.92 Å². The molecule has 0 aliphatic heterocycles. The zero-order valence-electron chi connectivity index (χ0n) is 9.63. The Hall–Kier alpha value is -0.540. The summed E-state index contributed by atoms with van der Waals surface area (Å²) in [4.78, 5) is 10.9. The molecule has 84 valence electrons. The lowest BCUT2D eigenvalue weighted by atomic mass is 10.2. The standard InChI is InChI=1S/C10H20NO2.ClH/c1-7-10(4,13-9(3)12)11(5,6)8-2;/h7H,1,8H2,2-6H3;1H/q+1;/p-1. The fourth-order valence-electron chi connectivity index (χ4n) is 1.02. The Labute approximate surface area is 92.7 Å². The van der Waals surface area contributed by atoms with E-state index in [-0.39, 0.29) is 18.4 Å². The molecule has 1 unspecified atom stereocenters. The SMILES string of the molecule is C=CC(C)(OC(C)=O)[N+](C)(C)CC.[Cl-]. The Kier molecular flexibility index (Phi) is 6.10. The van der Waals surface area contributed by atoms with Crippen LogP contribution in [0, 0.1) is 0 Å². The number of carbonyl (C=O) groups is 1. The minimum atomic E-state index is -0.638. The smallest absolute Gasteiger partial charge is 0.307 e. The molecule has 0 saturated carbocycles. The number of rotatable bonds is 4. The van der Waals surface area contributed by atoms with Crippen molar-refractivity contribution in [2.75, 3.05) is 20.6 Å². The third-order valence-electron chi connectivity index (χ3n) is 2.72. The van der Waals surface area contributed by atoms with Crippen LogP contribution in [0.1, 0.15) is 20.8 Å². The van der Waals surface area contributed by atoms with Gasteiger partial charge in [0.25, 0.3) is 5.72 Å². The zero-order chi connectivity index (χ0) is 10.7. The van der Waals surface area contributed by atoms with Crippen molar-refractivity contribution < 1.29 is 26.4 Å². The quantitative estimate of drug-likeness (QED) is 0.251. The normalized spacial score (nSPS) is 14.9. The summed E-state index contributed by atoms with van der Waals surface area (Å²) >= 11 is 0. The molecular formula is C10H20ClNO2. The van der Waals surface area contributed by atoms with Gasteiger partial charge in [0.15, 0.2) is 0 Å². The summed E-state index contributed by atoms with van der Waals surface area (Å²) < 4.78 is 5.84. The number of nitrogens with zero attached hydrogens (tertiary/aromatic N) is 1. The van der Waals surface area contributed by atoms with Crippen LogP contribution in [0.3, 0.4) is 0 Å². The second kappa shape index (κ2) is 5.37. The third kappa shape index (κ3) is 3.31. The van der Waals surface area contributed by atoms with Crippen molar-refractivity contribution in [1.82, 2.24) is 0 Å². The summed E-state index contributed by atoms with van der Waals surface area (Å²) in [7, 11) is 4.01. The molecule has 3 nitrogen and oxygen atoms in total. The number of ether oxygens (including phenoxy) is 1. The largest absolute Gasteiger partial charge is 1.00 e. The summed E-state index contributed by atoms with van der Waals surface area (Å²) in [5, 5.41) is 0. The predicted molar refractivity (Wildman–Crippen MR) is 53.0 cm³/mol. The van der Waals surface area contributed by atoms with Gasteiger partial charge < -0.3 is 17.1 Å². The maximum atomic E-state index is 10.9. The van der Waals surface area contributed by atoms with E-state index in [1.165, 1.54) is 6.92 Å². The van der Waals surface area contributed by atoms with E-state index in [2.05, 4.69) is 6.58 Å². The molecule has 0 heterocycles. The van der Waals surface area contributed by atoms with Crippen molar-refractivity contribution in [3.8, 4) is 0 Å². The van der Waals surface area contributed by atoms with Gasteiger partial charge in [0, 0.05) is 19.9 Å². The highest BCUT2D eigenvalue weighted by Crippen LogP contribution is 2.23. The van der Waals surface area contributed by atoms with Crippen LogP contribution in [0.15, 0.2) is 12.7 Å². The second-order valence-corrected chi connectivity index (χ2v) is 3.85. The molecule has 0 fully saturated rings. The summed E-state index contributed by atoms with van der Waals surface area (Å²) in [6, 6.07) is 0. The maximum absolute atomic E-state index is 10.9. The lowest BCUT2D eigenvalue weighted by Crippen LogP contribution is -3.00. The lowest BCUT2D eigenvalue weighted by Gasteiger charge is -2.42. The second-order valence-electron chi connectivity index (χ2n) is 3.85. The molecule has 1 atom stereocenters. The van der Waals surface area contributed by atoms with Gasteiger partial charge in [0.05, 0.1) is 20.6 Å². The fourth-order valence-corrected chi connectivity index (χ4v) is 1.02. The molecule has 0 saturated heterocycles. The van der Waals surface area contributed by atoms with Crippen LogP contribution in [-0.2, 0) is 9.53 Å². The van der Waals surface area contributed by atoms with Crippen LogP contribution in [0.2, 0.25) is 0 Å². The van der Waals surface area contributed by atoms with E-state index in [1.54, 1.807) is 6.08 Å². The van der Waals surface area contributed by atoms with Gasteiger partial charge in [-0.25, -0.2) is 0 Å². The van der Waals surface area contributed by atoms with Crippen molar-refractivity contribution in [2.45, 2.75) is 26.5 Å². The third-order valence-corrected chi connectivity index (χ3v) is 2.72. The van der Waals surface area contributed by atoms with Crippen molar-refractivity contribution in [3.05, 3.63) is 12.7 Å². The molecule has 0 aliphatic carbocycles. The number of halogens is 1. The molecular weight excluding hydrogens is 202 g/mol. The first-order valence-electron chi connectivity index (χ1n) is 4.45. The van der Waals surface area contributed by atoms with Gasteiger partial charge in [0.1, 0.15) is 0 Å². The molecule has 0 bridgehead atoms. The van der Waals surface area contributed by atoms with Crippen LogP contribution in [0.5, 0.6) is 0 Å². The highest BCUT2D eigenvalue weighted by atomic mass is 35.5. The molecule has 0 spiro atoms. The Bertz CT molecular complexity index is 216. The summed E-state index contributed by atoms with van der Waals surface area (Å²) in [5.74, 6) is -0.276. The van der Waals surface area contributed by atoms with Gasteiger partial charge >= 0.3 is 5.97 Å². The number of quaternary nitrogens is 1. The summed E-state index contributed by atoms with van der Waals surface area (Å²) in [6.07, 6.45) is 1.68. The van der Waals surface area contributed by atoms with Gasteiger partial charge in [0.2, 0.25) is 0 Å². The Morgan fingerprint density at radius 2 is 2.00 bits per heavy atom. The molecule has 0 aromatic carbocycles. The molecule has 4 heteroatoms. The number of hydrogen-bond acceptors (Lipinski definition) is 2. The molecule has 0 aliphatic rings. The fraction of sp³-hybridized carbons (Fsp3) is 0.700. The van der Waals surface area contributed by atoms with Crippen molar-refractivity contribution in [3.63, 3.8) is 0 Å². The van der Waals surface area contributed by atoms with Gasteiger partial charge in [-0.15, -0.1) is 0 Å². The van der Waals surface area contributed by atoms with Crippen molar-refractivity contribution in [2.24, 2.45) is 0 Å². The minimum absolute atomic E-state index is 0. The van der Waals surface area contributed by atoms with E-state index in [9.17, 15) is 4.79 Å². The molecule has 0 rings (SSSR count). The first-order chi connectivity index (χ1) is 5.79. The lowest BCUT2D eigenvalue weighted by molar-refractivity contribution is -0.952. The highest BCUT2D eigenvalue weighted by molar-refractivity contribution is 5.66. The number of carbonyl (C=O) groups excluding carboxylic acids is 1. The van der Waals surface area contributed by atoms with E-state index in [4.69, 9.17) is 4.74 Å². The van der Waals surface area contributed by atoms with Gasteiger partial charge in [-0.3, -0.25) is 9.28 Å². The van der Waals surface area contributed by atoms with Crippen LogP contribution < -0.4 is 12.4 Å². The minimum Gasteiger partial charge on any atom is -1.00 e. The van der Waals surface area contributed by atoms with E-state index in [0.717, 1.165) is 6.54 Å². The van der Waals surface area contributed by atoms with Crippen LogP contribution >= 0.6 is 0 Å². The first kappa shape index (κ1) is 15.9. The van der Waals surface area contributed by atoms with Crippen LogP contribution in [0.25, 0.3) is 0 Å². The average molecular weight is 222 g/mol. The Balaban J connectivity index is 0.